The number of carbonyl (C=O) groups is 1. The summed E-state index contributed by atoms with van der Waals surface area (Å²) in [5.74, 6) is 0.948. The first kappa shape index (κ1) is 17.0. The molecule has 0 spiro atoms. The summed E-state index contributed by atoms with van der Waals surface area (Å²) in [5, 5.41) is 10.7. The van der Waals surface area contributed by atoms with Gasteiger partial charge in [0.05, 0.1) is 17.9 Å². The number of ether oxygens (including phenoxy) is 1. The predicted octanol–water partition coefficient (Wildman–Crippen LogP) is 3.26. The van der Waals surface area contributed by atoms with Crippen LogP contribution >= 0.6 is 11.8 Å². The average molecular weight is 356 g/mol. The van der Waals surface area contributed by atoms with Crippen LogP contribution in [0.25, 0.3) is 11.5 Å². The fourth-order valence-electron chi connectivity index (χ4n) is 1.99. The third-order valence-electron chi connectivity index (χ3n) is 3.32. The second-order valence-corrected chi connectivity index (χ2v) is 6.38. The first-order valence-corrected chi connectivity index (χ1v) is 8.39. The number of rotatable bonds is 6. The van der Waals surface area contributed by atoms with E-state index in [2.05, 4.69) is 20.5 Å². The minimum absolute atomic E-state index is 0.156. The van der Waals surface area contributed by atoms with Gasteiger partial charge in [0.25, 0.3) is 5.22 Å². The van der Waals surface area contributed by atoms with Crippen molar-refractivity contribution < 1.29 is 13.9 Å². The Morgan fingerprint density at radius 3 is 2.72 bits per heavy atom. The average Bonchev–Trinajstić information content (AvgIpc) is 3.11. The van der Waals surface area contributed by atoms with Crippen molar-refractivity contribution in [2.24, 2.45) is 0 Å². The van der Waals surface area contributed by atoms with Crippen LogP contribution in [0.1, 0.15) is 6.92 Å². The minimum atomic E-state index is -0.399. The molecule has 0 aliphatic heterocycles. The maximum atomic E-state index is 12.3. The van der Waals surface area contributed by atoms with Gasteiger partial charge in [-0.1, -0.05) is 11.8 Å². The van der Waals surface area contributed by atoms with Crippen LogP contribution in [0.4, 0.5) is 5.69 Å². The van der Waals surface area contributed by atoms with Gasteiger partial charge in [-0.15, -0.1) is 10.2 Å². The summed E-state index contributed by atoms with van der Waals surface area (Å²) in [7, 11) is 1.59. The number of methoxy groups -OCH3 is 1. The zero-order chi connectivity index (χ0) is 17.6. The highest BCUT2D eigenvalue weighted by Gasteiger charge is 2.19. The van der Waals surface area contributed by atoms with E-state index >= 15 is 0 Å². The van der Waals surface area contributed by atoms with Crippen LogP contribution in [-0.2, 0) is 4.79 Å². The van der Waals surface area contributed by atoms with Gasteiger partial charge in [0.1, 0.15) is 5.75 Å². The van der Waals surface area contributed by atoms with Gasteiger partial charge in [0, 0.05) is 18.1 Å². The summed E-state index contributed by atoms with van der Waals surface area (Å²) < 4.78 is 10.7. The summed E-state index contributed by atoms with van der Waals surface area (Å²) in [5.41, 5.74) is 1.43. The van der Waals surface area contributed by atoms with Crippen LogP contribution in [-0.4, -0.2) is 33.4 Å². The van der Waals surface area contributed by atoms with Gasteiger partial charge in [-0.05, 0) is 43.3 Å². The Labute approximate surface area is 148 Å². The second-order valence-electron chi connectivity index (χ2n) is 5.09. The number of pyridine rings is 1. The summed E-state index contributed by atoms with van der Waals surface area (Å²) in [4.78, 5) is 16.3. The maximum Gasteiger partial charge on any atom is 0.277 e. The summed E-state index contributed by atoms with van der Waals surface area (Å²) in [6.07, 6.45) is 3.31. The zero-order valence-corrected chi connectivity index (χ0v) is 14.5. The molecule has 3 aromatic rings. The van der Waals surface area contributed by atoms with Crippen LogP contribution in [0.3, 0.4) is 0 Å². The van der Waals surface area contributed by atoms with Crippen molar-refractivity contribution in [2.45, 2.75) is 17.4 Å². The molecule has 1 amide bonds. The van der Waals surface area contributed by atoms with E-state index < -0.39 is 5.25 Å². The highest BCUT2D eigenvalue weighted by molar-refractivity contribution is 8.00. The number of nitrogens with one attached hydrogen (secondary N) is 1. The number of anilines is 1. The van der Waals surface area contributed by atoms with Gasteiger partial charge >= 0.3 is 0 Å². The largest absolute Gasteiger partial charge is 0.497 e. The molecule has 0 radical (unpaired) electrons. The first-order valence-electron chi connectivity index (χ1n) is 7.51. The van der Waals surface area contributed by atoms with E-state index in [1.54, 1.807) is 56.8 Å². The van der Waals surface area contributed by atoms with E-state index in [1.165, 1.54) is 11.8 Å². The fourth-order valence-corrected chi connectivity index (χ4v) is 2.67. The molecule has 7 nitrogen and oxygen atoms in total. The molecular formula is C17H16N4O3S. The Hall–Kier alpha value is -2.87. The molecule has 128 valence electrons. The molecule has 2 heterocycles. The minimum Gasteiger partial charge on any atom is -0.497 e. The lowest BCUT2D eigenvalue weighted by molar-refractivity contribution is -0.115. The van der Waals surface area contributed by atoms with E-state index in [-0.39, 0.29) is 5.91 Å². The summed E-state index contributed by atoms with van der Waals surface area (Å²) >= 11 is 1.20. The summed E-state index contributed by atoms with van der Waals surface area (Å²) in [6, 6.07) is 10.7. The molecule has 2 aromatic heterocycles. The van der Waals surface area contributed by atoms with E-state index in [0.29, 0.717) is 16.8 Å². The van der Waals surface area contributed by atoms with Crippen LogP contribution in [0.5, 0.6) is 5.75 Å². The van der Waals surface area contributed by atoms with Gasteiger partial charge in [0.15, 0.2) is 0 Å². The molecule has 0 aliphatic carbocycles. The number of thioether (sulfide) groups is 1. The van der Waals surface area contributed by atoms with Crippen molar-refractivity contribution >= 4 is 23.4 Å². The monoisotopic (exact) mass is 356 g/mol. The molecule has 0 saturated heterocycles. The normalized spacial score (nSPS) is 11.8. The Balaban J connectivity index is 1.60. The van der Waals surface area contributed by atoms with Crippen molar-refractivity contribution in [1.82, 2.24) is 15.2 Å². The molecule has 1 atom stereocenters. The molecule has 1 N–H and O–H groups in total. The van der Waals surface area contributed by atoms with Crippen LogP contribution in [0.15, 0.2) is 58.4 Å². The van der Waals surface area contributed by atoms with Crippen LogP contribution < -0.4 is 10.1 Å². The molecule has 0 fully saturated rings. The lowest BCUT2D eigenvalue weighted by Crippen LogP contribution is -2.22. The second kappa shape index (κ2) is 7.80. The quantitative estimate of drug-likeness (QED) is 0.678. The molecule has 0 saturated carbocycles. The number of hydrogen-bond donors (Lipinski definition) is 1. The topological polar surface area (TPSA) is 90.1 Å². The van der Waals surface area contributed by atoms with E-state index in [9.17, 15) is 4.79 Å². The molecule has 0 aliphatic rings. The van der Waals surface area contributed by atoms with Gasteiger partial charge in [-0.3, -0.25) is 9.78 Å². The first-order chi connectivity index (χ1) is 12.2. The smallest absolute Gasteiger partial charge is 0.277 e. The van der Waals surface area contributed by atoms with E-state index in [1.807, 2.05) is 6.07 Å². The van der Waals surface area contributed by atoms with E-state index in [0.717, 1.165) is 11.3 Å². The molecule has 25 heavy (non-hydrogen) atoms. The Morgan fingerprint density at radius 2 is 2.04 bits per heavy atom. The van der Waals surface area contributed by atoms with E-state index in [4.69, 9.17) is 9.15 Å². The maximum absolute atomic E-state index is 12.3. The molecule has 8 heteroatoms. The van der Waals surface area contributed by atoms with Crippen molar-refractivity contribution in [2.75, 3.05) is 12.4 Å². The lowest BCUT2D eigenvalue weighted by Gasteiger charge is -2.10. The van der Waals surface area contributed by atoms with Crippen LogP contribution in [0.2, 0.25) is 0 Å². The van der Waals surface area contributed by atoms with Crippen molar-refractivity contribution in [3.05, 3.63) is 48.8 Å². The van der Waals surface area contributed by atoms with Crippen LogP contribution in [0, 0.1) is 0 Å². The third-order valence-corrected chi connectivity index (χ3v) is 4.25. The Bertz CT molecular complexity index is 837. The Morgan fingerprint density at radius 1 is 1.24 bits per heavy atom. The Kier molecular flexibility index (Phi) is 5.30. The standard InChI is InChI=1S/C17H16N4O3S/c1-11(15(22)19-13-5-7-14(23-2)8-6-13)25-17-21-20-16(24-17)12-4-3-9-18-10-12/h3-11H,1-2H3,(H,19,22)/t11-/m1/s1. The lowest BCUT2D eigenvalue weighted by atomic mass is 10.3. The van der Waals surface area contributed by atoms with Gasteiger partial charge < -0.3 is 14.5 Å². The third kappa shape index (κ3) is 4.36. The molecule has 3 rings (SSSR count). The van der Waals surface area contributed by atoms with Gasteiger partial charge in [-0.25, -0.2) is 0 Å². The number of carbonyl (C=O) groups excluding carboxylic acids is 1. The van der Waals surface area contributed by atoms with Gasteiger partial charge in [-0.2, -0.15) is 0 Å². The summed E-state index contributed by atoms with van der Waals surface area (Å²) in [6.45, 7) is 1.78. The van der Waals surface area contributed by atoms with Crippen molar-refractivity contribution in [3.63, 3.8) is 0 Å². The van der Waals surface area contributed by atoms with Crippen molar-refractivity contribution in [3.8, 4) is 17.2 Å². The predicted molar refractivity (Wildman–Crippen MR) is 94.5 cm³/mol. The number of hydrogen-bond acceptors (Lipinski definition) is 7. The number of nitrogens with zero attached hydrogens (tertiary/aromatic N) is 3. The highest BCUT2D eigenvalue weighted by atomic mass is 32.2. The molecular weight excluding hydrogens is 340 g/mol. The zero-order valence-electron chi connectivity index (χ0n) is 13.7. The molecule has 0 bridgehead atoms. The molecule has 1 aromatic carbocycles. The van der Waals surface area contributed by atoms with Crippen molar-refractivity contribution in [1.29, 1.82) is 0 Å². The molecule has 0 unspecified atom stereocenters. The number of amides is 1. The highest BCUT2D eigenvalue weighted by Crippen LogP contribution is 2.26. The number of benzene rings is 1. The SMILES string of the molecule is COc1ccc(NC(=O)[C@@H](C)Sc2nnc(-c3cccnc3)o2)cc1. The fraction of sp³-hybridized carbons (Fsp3) is 0.176. The number of aromatic nitrogens is 3. The van der Waals surface area contributed by atoms with Gasteiger partial charge in [0.2, 0.25) is 11.8 Å².